The summed E-state index contributed by atoms with van der Waals surface area (Å²) in [7, 11) is 0. The van der Waals surface area contributed by atoms with Crippen LogP contribution in [0, 0.1) is 12.8 Å². The first-order chi connectivity index (χ1) is 17.0. The van der Waals surface area contributed by atoms with Crippen molar-refractivity contribution in [3.63, 3.8) is 0 Å². The summed E-state index contributed by atoms with van der Waals surface area (Å²) in [6, 6.07) is 19.3. The van der Waals surface area contributed by atoms with Gasteiger partial charge >= 0.3 is 0 Å². The van der Waals surface area contributed by atoms with E-state index in [0.717, 1.165) is 33.7 Å². The highest BCUT2D eigenvalue weighted by atomic mass is 32.1. The lowest BCUT2D eigenvalue weighted by Crippen LogP contribution is -2.53. The van der Waals surface area contributed by atoms with Crippen molar-refractivity contribution in [1.29, 1.82) is 0 Å². The second-order valence-corrected chi connectivity index (χ2v) is 10.3. The molecule has 0 radical (unpaired) electrons. The first-order valence-corrected chi connectivity index (χ1v) is 12.8. The Bertz CT molecular complexity index is 1360. The summed E-state index contributed by atoms with van der Waals surface area (Å²) in [6.07, 6.45) is 3.65. The van der Waals surface area contributed by atoms with Crippen LogP contribution in [0.25, 0.3) is 21.3 Å². The fourth-order valence-corrected chi connectivity index (χ4v) is 5.80. The van der Waals surface area contributed by atoms with Crippen molar-refractivity contribution in [3.8, 4) is 10.4 Å². The van der Waals surface area contributed by atoms with Crippen molar-refractivity contribution in [3.05, 3.63) is 83.1 Å². The van der Waals surface area contributed by atoms with Gasteiger partial charge < -0.3 is 10.2 Å². The molecule has 35 heavy (non-hydrogen) atoms. The van der Waals surface area contributed by atoms with Crippen LogP contribution in [0.5, 0.6) is 0 Å². The molecule has 7 heteroatoms. The lowest BCUT2D eigenvalue weighted by atomic mass is 9.90. The topological polar surface area (TPSA) is 75.2 Å². The Morgan fingerprint density at radius 2 is 1.89 bits per heavy atom. The lowest BCUT2D eigenvalue weighted by molar-refractivity contribution is 0.0503. The Kier molecular flexibility index (Phi) is 6.59. The molecule has 1 aliphatic rings. The number of fused-ring (bicyclic) bond motifs is 1. The quantitative estimate of drug-likeness (QED) is 0.415. The largest absolute Gasteiger partial charge is 0.350 e. The molecule has 178 valence electrons. The lowest BCUT2D eigenvalue weighted by Gasteiger charge is -2.40. The van der Waals surface area contributed by atoms with E-state index in [1.807, 2.05) is 66.4 Å². The number of likely N-dealkylation sites (tertiary alicyclic amines) is 1. The van der Waals surface area contributed by atoms with Gasteiger partial charge in [-0.3, -0.25) is 14.6 Å². The van der Waals surface area contributed by atoms with E-state index in [4.69, 9.17) is 0 Å². The van der Waals surface area contributed by atoms with Gasteiger partial charge in [0, 0.05) is 24.7 Å². The van der Waals surface area contributed by atoms with Gasteiger partial charge in [0.25, 0.3) is 11.8 Å². The van der Waals surface area contributed by atoms with E-state index in [2.05, 4.69) is 22.2 Å². The number of carbonyl (C=O) groups excluding carboxylic acids is 2. The number of pyridine rings is 1. The van der Waals surface area contributed by atoms with Crippen LogP contribution in [-0.4, -0.2) is 45.8 Å². The third kappa shape index (κ3) is 4.68. The zero-order valence-electron chi connectivity index (χ0n) is 19.9. The molecule has 2 aromatic heterocycles. The molecule has 2 atom stereocenters. The standard InChI is InChI=1S/C28H28N4O2S/c1-18-9-8-16-32(28(34)25-26(35-19(2)31-25)21-10-4-3-5-11-21)23(18)17-30-27(33)22-14-6-12-20-13-7-15-29-24(20)22/h3-7,10-15,18,23H,8-9,16-17H2,1-2H3,(H,30,33)/t18-,23?/m1/s1. The first-order valence-electron chi connectivity index (χ1n) is 12.0. The first kappa shape index (κ1) is 23.2. The van der Waals surface area contributed by atoms with Crippen molar-refractivity contribution in [2.45, 2.75) is 32.7 Å². The molecule has 5 rings (SSSR count). The van der Waals surface area contributed by atoms with Gasteiger partial charge in [0.05, 0.1) is 27.0 Å². The maximum absolute atomic E-state index is 13.8. The predicted octanol–water partition coefficient (Wildman–Crippen LogP) is 5.34. The highest BCUT2D eigenvalue weighted by Gasteiger charge is 2.35. The molecule has 1 fully saturated rings. The second kappa shape index (κ2) is 9.96. The number of nitrogens with one attached hydrogen (secondary N) is 1. The average molecular weight is 485 g/mol. The molecule has 0 aliphatic carbocycles. The summed E-state index contributed by atoms with van der Waals surface area (Å²) in [5.41, 5.74) is 2.73. The van der Waals surface area contributed by atoms with Gasteiger partial charge in [-0.1, -0.05) is 55.5 Å². The van der Waals surface area contributed by atoms with E-state index in [-0.39, 0.29) is 23.8 Å². The third-order valence-electron chi connectivity index (χ3n) is 6.70. The minimum Gasteiger partial charge on any atom is -0.350 e. The van der Waals surface area contributed by atoms with E-state index >= 15 is 0 Å². The van der Waals surface area contributed by atoms with Gasteiger partial charge in [-0.25, -0.2) is 4.98 Å². The molecule has 1 aliphatic heterocycles. The van der Waals surface area contributed by atoms with Gasteiger partial charge in [-0.05, 0) is 43.4 Å². The van der Waals surface area contributed by atoms with E-state index in [9.17, 15) is 9.59 Å². The number of aromatic nitrogens is 2. The molecule has 2 amide bonds. The van der Waals surface area contributed by atoms with E-state index in [1.54, 1.807) is 23.6 Å². The Morgan fingerprint density at radius 1 is 1.09 bits per heavy atom. The van der Waals surface area contributed by atoms with Crippen LogP contribution in [0.15, 0.2) is 66.9 Å². The Hall–Kier alpha value is -3.58. The van der Waals surface area contributed by atoms with Gasteiger partial charge in [0.1, 0.15) is 5.69 Å². The maximum atomic E-state index is 13.8. The van der Waals surface area contributed by atoms with Crippen LogP contribution in [0.4, 0.5) is 0 Å². The Morgan fingerprint density at radius 3 is 2.71 bits per heavy atom. The van der Waals surface area contributed by atoms with E-state index in [1.165, 1.54) is 0 Å². The molecule has 2 aromatic carbocycles. The molecule has 3 heterocycles. The van der Waals surface area contributed by atoms with Crippen LogP contribution in [0.3, 0.4) is 0 Å². The van der Waals surface area contributed by atoms with Crippen molar-refractivity contribution in [1.82, 2.24) is 20.2 Å². The molecular weight excluding hydrogens is 456 g/mol. The normalized spacial score (nSPS) is 17.9. The van der Waals surface area contributed by atoms with E-state index < -0.39 is 0 Å². The van der Waals surface area contributed by atoms with Crippen molar-refractivity contribution < 1.29 is 9.59 Å². The molecule has 0 spiro atoms. The highest BCUT2D eigenvalue weighted by Crippen LogP contribution is 2.33. The van der Waals surface area contributed by atoms with Gasteiger partial charge in [-0.2, -0.15) is 0 Å². The second-order valence-electron chi connectivity index (χ2n) is 9.05. The van der Waals surface area contributed by atoms with Gasteiger partial charge in [0.15, 0.2) is 0 Å². The number of rotatable bonds is 5. The van der Waals surface area contributed by atoms with Gasteiger partial charge in [0.2, 0.25) is 0 Å². The highest BCUT2D eigenvalue weighted by molar-refractivity contribution is 7.15. The summed E-state index contributed by atoms with van der Waals surface area (Å²) in [5.74, 6) is 0.0262. The van der Waals surface area contributed by atoms with Crippen LogP contribution in [-0.2, 0) is 0 Å². The Balaban J connectivity index is 1.38. The molecule has 1 N–H and O–H groups in total. The number of carbonyl (C=O) groups is 2. The average Bonchev–Trinajstić information content (AvgIpc) is 3.29. The summed E-state index contributed by atoms with van der Waals surface area (Å²) < 4.78 is 0. The number of piperidine rings is 1. The smallest absolute Gasteiger partial charge is 0.274 e. The number of nitrogens with zero attached hydrogens (tertiary/aromatic N) is 3. The molecular formula is C28H28N4O2S. The monoisotopic (exact) mass is 484 g/mol. The van der Waals surface area contributed by atoms with Crippen LogP contribution in [0.1, 0.15) is 45.6 Å². The Labute approximate surface area is 209 Å². The molecule has 0 bridgehead atoms. The third-order valence-corrected chi connectivity index (χ3v) is 7.72. The van der Waals surface area contributed by atoms with Crippen LogP contribution < -0.4 is 5.32 Å². The van der Waals surface area contributed by atoms with Crippen LogP contribution >= 0.6 is 11.3 Å². The summed E-state index contributed by atoms with van der Waals surface area (Å²) >= 11 is 1.54. The SMILES string of the molecule is Cc1nc(C(=O)N2CCC[C@@H](C)C2CNC(=O)c2cccc3cccnc23)c(-c2ccccc2)s1. The van der Waals surface area contributed by atoms with E-state index in [0.29, 0.717) is 29.9 Å². The molecule has 6 nitrogen and oxygen atoms in total. The van der Waals surface area contributed by atoms with Crippen molar-refractivity contribution in [2.24, 2.45) is 5.92 Å². The summed E-state index contributed by atoms with van der Waals surface area (Å²) in [5, 5.41) is 4.88. The number of thiazole rings is 1. The fraction of sp³-hybridized carbons (Fsp3) is 0.286. The van der Waals surface area contributed by atoms with Crippen LogP contribution in [0.2, 0.25) is 0 Å². The number of aryl methyl sites for hydroxylation is 1. The fourth-order valence-electron chi connectivity index (χ4n) is 4.89. The molecule has 4 aromatic rings. The number of para-hydroxylation sites is 1. The number of hydrogen-bond donors (Lipinski definition) is 1. The molecule has 0 saturated carbocycles. The zero-order chi connectivity index (χ0) is 24.4. The zero-order valence-corrected chi connectivity index (χ0v) is 20.7. The van der Waals surface area contributed by atoms with Crippen molar-refractivity contribution in [2.75, 3.05) is 13.1 Å². The number of hydrogen-bond acceptors (Lipinski definition) is 5. The molecule has 1 saturated heterocycles. The van der Waals surface area contributed by atoms with Gasteiger partial charge in [-0.15, -0.1) is 11.3 Å². The maximum Gasteiger partial charge on any atom is 0.274 e. The number of benzene rings is 2. The minimum atomic E-state index is -0.172. The number of amides is 2. The minimum absolute atomic E-state index is 0.0640. The molecule has 1 unspecified atom stereocenters. The summed E-state index contributed by atoms with van der Waals surface area (Å²) in [6.45, 7) is 5.13. The predicted molar refractivity (Wildman–Crippen MR) is 140 cm³/mol. The summed E-state index contributed by atoms with van der Waals surface area (Å²) in [4.78, 5) is 38.8. The van der Waals surface area contributed by atoms with Crippen molar-refractivity contribution >= 4 is 34.1 Å².